The van der Waals surface area contributed by atoms with Crippen molar-refractivity contribution in [3.05, 3.63) is 70.4 Å². The summed E-state index contributed by atoms with van der Waals surface area (Å²) in [6.45, 7) is -0.103. The molecule has 0 unspecified atom stereocenters. The fraction of sp³-hybridized carbons (Fsp3) is 0.227. The summed E-state index contributed by atoms with van der Waals surface area (Å²) >= 11 is 1.32. The van der Waals surface area contributed by atoms with Gasteiger partial charge in [0.1, 0.15) is 11.0 Å². The number of ether oxygens (including phenoxy) is 3. The number of amides is 1. The van der Waals surface area contributed by atoms with E-state index >= 15 is 0 Å². The van der Waals surface area contributed by atoms with Crippen LogP contribution in [-0.4, -0.2) is 42.2 Å². The van der Waals surface area contributed by atoms with Crippen molar-refractivity contribution in [1.82, 2.24) is 5.32 Å². The Labute approximate surface area is 185 Å². The molecule has 0 fully saturated rings. The molecule has 31 heavy (non-hydrogen) atoms. The third kappa shape index (κ3) is 4.83. The van der Waals surface area contributed by atoms with E-state index in [4.69, 9.17) is 14.2 Å². The van der Waals surface area contributed by atoms with Gasteiger partial charge in [0.15, 0.2) is 21.3 Å². The zero-order valence-corrected chi connectivity index (χ0v) is 19.0. The van der Waals surface area contributed by atoms with Crippen LogP contribution in [0.5, 0.6) is 17.2 Å². The maximum atomic E-state index is 13.4. The molecular formula is C22H23NO6S2. The first kappa shape index (κ1) is 22.6. The fourth-order valence-electron chi connectivity index (χ4n) is 3.11. The number of hydrogen-bond donors (Lipinski definition) is 1. The molecule has 1 N–H and O–H groups in total. The lowest BCUT2D eigenvalue weighted by Gasteiger charge is -2.18. The predicted octanol–water partition coefficient (Wildman–Crippen LogP) is 3.72. The first-order chi connectivity index (χ1) is 14.9. The number of thiophene rings is 1. The Balaban J connectivity index is 1.89. The summed E-state index contributed by atoms with van der Waals surface area (Å²) in [6, 6.07) is 14.7. The second-order valence-corrected chi connectivity index (χ2v) is 9.59. The highest BCUT2D eigenvalue weighted by Crippen LogP contribution is 2.33. The Morgan fingerprint density at radius 2 is 1.71 bits per heavy atom. The maximum Gasteiger partial charge on any atom is 0.255 e. The van der Waals surface area contributed by atoms with Crippen LogP contribution in [0.15, 0.2) is 64.9 Å². The van der Waals surface area contributed by atoms with E-state index in [1.54, 1.807) is 47.8 Å². The quantitative estimate of drug-likeness (QED) is 0.522. The SMILES string of the molecule is COc1ccc(S(=O)(=O)[C@H](CNC(=O)c2cccc(OC)c2OC)c2cccs2)cc1. The summed E-state index contributed by atoms with van der Waals surface area (Å²) in [6.07, 6.45) is 0. The second kappa shape index (κ2) is 9.84. The van der Waals surface area contributed by atoms with Gasteiger partial charge in [0.05, 0.1) is 31.8 Å². The highest BCUT2D eigenvalue weighted by molar-refractivity contribution is 7.91. The molecule has 0 aliphatic carbocycles. The number of benzene rings is 2. The zero-order valence-electron chi connectivity index (χ0n) is 17.3. The molecule has 2 aromatic carbocycles. The summed E-state index contributed by atoms with van der Waals surface area (Å²) < 4.78 is 42.4. The number of carbonyl (C=O) groups is 1. The molecule has 1 amide bonds. The fourth-order valence-corrected chi connectivity index (χ4v) is 5.90. The Bertz CT molecular complexity index is 1130. The van der Waals surface area contributed by atoms with Crippen molar-refractivity contribution in [2.24, 2.45) is 0 Å². The number of carbonyl (C=O) groups excluding carboxylic acids is 1. The minimum atomic E-state index is -3.77. The monoisotopic (exact) mass is 461 g/mol. The van der Waals surface area contributed by atoms with Crippen molar-refractivity contribution in [3.63, 3.8) is 0 Å². The van der Waals surface area contributed by atoms with Crippen molar-refractivity contribution >= 4 is 27.1 Å². The highest BCUT2D eigenvalue weighted by Gasteiger charge is 2.31. The molecule has 3 aromatic rings. The van der Waals surface area contributed by atoms with Crippen molar-refractivity contribution in [2.75, 3.05) is 27.9 Å². The second-order valence-electron chi connectivity index (χ2n) is 6.48. The molecule has 0 saturated carbocycles. The van der Waals surface area contributed by atoms with Gasteiger partial charge >= 0.3 is 0 Å². The first-order valence-corrected chi connectivity index (χ1v) is 11.8. The van der Waals surface area contributed by atoms with Crippen LogP contribution in [0.3, 0.4) is 0 Å². The van der Waals surface area contributed by atoms with Crippen LogP contribution in [0.1, 0.15) is 20.5 Å². The molecule has 0 spiro atoms. The van der Waals surface area contributed by atoms with Gasteiger partial charge in [-0.3, -0.25) is 4.79 Å². The topological polar surface area (TPSA) is 90.9 Å². The van der Waals surface area contributed by atoms with E-state index < -0.39 is 21.0 Å². The van der Waals surface area contributed by atoms with Crippen molar-refractivity contribution in [1.29, 1.82) is 0 Å². The lowest BCUT2D eigenvalue weighted by atomic mass is 10.1. The van der Waals surface area contributed by atoms with E-state index in [9.17, 15) is 13.2 Å². The van der Waals surface area contributed by atoms with Gasteiger partial charge in [0, 0.05) is 11.4 Å². The van der Waals surface area contributed by atoms with E-state index in [1.165, 1.54) is 44.8 Å². The lowest BCUT2D eigenvalue weighted by Crippen LogP contribution is -2.31. The average Bonchev–Trinajstić information content (AvgIpc) is 3.32. The number of hydrogen-bond acceptors (Lipinski definition) is 7. The number of rotatable bonds is 9. The molecular weight excluding hydrogens is 438 g/mol. The number of para-hydroxylation sites is 1. The van der Waals surface area contributed by atoms with Gasteiger partial charge in [-0.1, -0.05) is 12.1 Å². The van der Waals surface area contributed by atoms with Crippen LogP contribution >= 0.6 is 11.3 Å². The number of sulfone groups is 1. The van der Waals surface area contributed by atoms with Crippen LogP contribution < -0.4 is 19.5 Å². The third-order valence-corrected chi connectivity index (χ3v) is 7.95. The van der Waals surface area contributed by atoms with Gasteiger partial charge in [-0.25, -0.2) is 8.42 Å². The predicted molar refractivity (Wildman–Crippen MR) is 119 cm³/mol. The molecule has 1 atom stereocenters. The zero-order chi connectivity index (χ0) is 22.4. The van der Waals surface area contributed by atoms with E-state index in [-0.39, 0.29) is 22.8 Å². The molecule has 0 aliphatic heterocycles. The Kier molecular flexibility index (Phi) is 7.19. The molecule has 0 saturated heterocycles. The van der Waals surface area contributed by atoms with Crippen LogP contribution in [0.25, 0.3) is 0 Å². The Morgan fingerprint density at radius 3 is 2.29 bits per heavy atom. The molecule has 9 heteroatoms. The highest BCUT2D eigenvalue weighted by atomic mass is 32.2. The normalized spacial score (nSPS) is 12.1. The van der Waals surface area contributed by atoms with Crippen LogP contribution in [0.4, 0.5) is 0 Å². The largest absolute Gasteiger partial charge is 0.497 e. The number of methoxy groups -OCH3 is 3. The third-order valence-electron chi connectivity index (χ3n) is 4.72. The van der Waals surface area contributed by atoms with Gasteiger partial charge in [-0.05, 0) is 47.8 Å². The van der Waals surface area contributed by atoms with E-state index in [0.29, 0.717) is 16.4 Å². The summed E-state index contributed by atoms with van der Waals surface area (Å²) in [5.41, 5.74) is 0.258. The van der Waals surface area contributed by atoms with Gasteiger partial charge in [-0.15, -0.1) is 11.3 Å². The smallest absolute Gasteiger partial charge is 0.255 e. The summed E-state index contributed by atoms with van der Waals surface area (Å²) in [5, 5.41) is 3.60. The van der Waals surface area contributed by atoms with Crippen LogP contribution in [0, 0.1) is 0 Å². The van der Waals surface area contributed by atoms with Crippen LogP contribution in [-0.2, 0) is 9.84 Å². The van der Waals surface area contributed by atoms with E-state index in [2.05, 4.69) is 5.32 Å². The minimum absolute atomic E-state index is 0.103. The molecule has 7 nitrogen and oxygen atoms in total. The Hall–Kier alpha value is -3.04. The van der Waals surface area contributed by atoms with Crippen LogP contribution in [0.2, 0.25) is 0 Å². The molecule has 164 valence electrons. The summed E-state index contributed by atoms with van der Waals surface area (Å²) in [5.74, 6) is 0.802. The van der Waals surface area contributed by atoms with Gasteiger partial charge in [-0.2, -0.15) is 0 Å². The van der Waals surface area contributed by atoms with Gasteiger partial charge < -0.3 is 19.5 Å². The average molecular weight is 462 g/mol. The summed E-state index contributed by atoms with van der Waals surface area (Å²) in [4.78, 5) is 13.6. The minimum Gasteiger partial charge on any atom is -0.497 e. The molecule has 0 radical (unpaired) electrons. The first-order valence-electron chi connectivity index (χ1n) is 9.33. The molecule has 1 aromatic heterocycles. The summed E-state index contributed by atoms with van der Waals surface area (Å²) in [7, 11) is 0.665. The van der Waals surface area contributed by atoms with Gasteiger partial charge in [0.2, 0.25) is 0 Å². The molecule has 0 aliphatic rings. The molecule has 0 bridgehead atoms. The molecule has 3 rings (SSSR count). The van der Waals surface area contributed by atoms with Crippen molar-refractivity contribution < 1.29 is 27.4 Å². The van der Waals surface area contributed by atoms with Gasteiger partial charge in [0.25, 0.3) is 5.91 Å². The van der Waals surface area contributed by atoms with Crippen molar-refractivity contribution in [2.45, 2.75) is 10.1 Å². The molecule has 1 heterocycles. The maximum absolute atomic E-state index is 13.4. The van der Waals surface area contributed by atoms with Crippen molar-refractivity contribution in [3.8, 4) is 17.2 Å². The van der Waals surface area contributed by atoms with E-state index in [1.807, 2.05) is 0 Å². The van der Waals surface area contributed by atoms with E-state index in [0.717, 1.165) is 0 Å². The lowest BCUT2D eigenvalue weighted by molar-refractivity contribution is 0.0950. The Morgan fingerprint density at radius 1 is 0.968 bits per heavy atom. The number of nitrogens with one attached hydrogen (secondary N) is 1. The standard InChI is InChI=1S/C22H23NO6S2/c1-27-15-9-11-16(12-10-15)31(25,26)20(19-8-5-13-30-19)14-23-22(24)17-6-4-7-18(28-2)21(17)29-3/h4-13,20H,14H2,1-3H3,(H,23,24)/t20-/m1/s1.